The highest BCUT2D eigenvalue weighted by molar-refractivity contribution is 6.10. The first-order valence-electron chi connectivity index (χ1n) is 7.42. The van der Waals surface area contributed by atoms with Crippen LogP contribution in [0.1, 0.15) is 28.8 Å². The summed E-state index contributed by atoms with van der Waals surface area (Å²) in [5.74, 6) is 1.88. The molecule has 2 heterocycles. The van der Waals surface area contributed by atoms with Crippen LogP contribution in [0.5, 0.6) is 0 Å². The Morgan fingerprint density at radius 1 is 1.27 bits per heavy atom. The predicted molar refractivity (Wildman–Crippen MR) is 87.0 cm³/mol. The number of carbonyl (C=O) groups is 1. The second-order valence-corrected chi connectivity index (χ2v) is 5.72. The van der Waals surface area contributed by atoms with E-state index in [2.05, 4.69) is 4.98 Å². The van der Waals surface area contributed by atoms with Gasteiger partial charge in [-0.15, -0.1) is 0 Å². The van der Waals surface area contributed by atoms with E-state index in [1.807, 2.05) is 62.2 Å². The zero-order valence-corrected chi connectivity index (χ0v) is 13.1. The van der Waals surface area contributed by atoms with E-state index in [-0.39, 0.29) is 11.8 Å². The van der Waals surface area contributed by atoms with Gasteiger partial charge in [0.05, 0.1) is 12.6 Å². The van der Waals surface area contributed by atoms with E-state index in [0.717, 1.165) is 28.0 Å². The topological polar surface area (TPSA) is 49.2 Å². The Labute approximate surface area is 129 Å². The van der Waals surface area contributed by atoms with Crippen molar-refractivity contribution in [2.45, 2.75) is 26.4 Å². The molecule has 0 aliphatic heterocycles. The molecule has 1 aromatic carbocycles. The highest BCUT2D eigenvalue weighted by Crippen LogP contribution is 2.21. The molecule has 0 aliphatic carbocycles. The average Bonchev–Trinajstić information content (AvgIpc) is 3.12. The molecule has 2 aromatic heterocycles. The van der Waals surface area contributed by atoms with Gasteiger partial charge in [0, 0.05) is 22.7 Å². The Morgan fingerprint density at radius 3 is 2.77 bits per heavy atom. The maximum absolute atomic E-state index is 12.8. The van der Waals surface area contributed by atoms with E-state index in [9.17, 15) is 4.79 Å². The summed E-state index contributed by atoms with van der Waals surface area (Å²) in [5, 5.41) is 0.974. The number of nitrogens with one attached hydrogen (secondary N) is 1. The summed E-state index contributed by atoms with van der Waals surface area (Å²) < 4.78 is 5.59. The molecule has 0 radical (unpaired) electrons. The lowest BCUT2D eigenvalue weighted by atomic mass is 10.0. The molecule has 4 nitrogen and oxygen atoms in total. The Bertz CT molecular complexity index is 800. The molecule has 0 saturated heterocycles. The molecule has 0 aliphatic rings. The second kappa shape index (κ2) is 5.81. The number of aryl methyl sites for hydroxylation is 1. The van der Waals surface area contributed by atoms with Gasteiger partial charge in [0.15, 0.2) is 5.78 Å². The van der Waals surface area contributed by atoms with Crippen molar-refractivity contribution >= 4 is 16.7 Å². The highest BCUT2D eigenvalue weighted by Gasteiger charge is 2.22. The van der Waals surface area contributed by atoms with E-state index in [4.69, 9.17) is 4.42 Å². The summed E-state index contributed by atoms with van der Waals surface area (Å²) in [6, 6.07) is 11.5. The number of likely N-dealkylation sites (N-methyl/N-ethyl adjacent to an activating group) is 1. The maximum Gasteiger partial charge on any atom is 0.181 e. The van der Waals surface area contributed by atoms with Crippen LogP contribution < -0.4 is 0 Å². The maximum atomic E-state index is 12.8. The zero-order chi connectivity index (χ0) is 15.7. The van der Waals surface area contributed by atoms with Crippen LogP contribution in [0, 0.1) is 6.92 Å². The van der Waals surface area contributed by atoms with Crippen LogP contribution in [0.2, 0.25) is 0 Å². The monoisotopic (exact) mass is 296 g/mol. The Balaban J connectivity index is 1.79. The lowest BCUT2D eigenvalue weighted by Gasteiger charge is -2.22. The van der Waals surface area contributed by atoms with E-state index in [1.165, 1.54) is 0 Å². The number of ketones is 1. The van der Waals surface area contributed by atoms with Gasteiger partial charge in [-0.25, -0.2) is 0 Å². The van der Waals surface area contributed by atoms with Gasteiger partial charge in [-0.05, 0) is 39.1 Å². The fourth-order valence-electron chi connectivity index (χ4n) is 2.65. The van der Waals surface area contributed by atoms with Gasteiger partial charge in [0.1, 0.15) is 11.5 Å². The number of hydrogen-bond acceptors (Lipinski definition) is 3. The molecule has 0 spiro atoms. The number of fused-ring (bicyclic) bond motifs is 1. The summed E-state index contributed by atoms with van der Waals surface area (Å²) in [6.07, 6.45) is 1.80. The molecule has 3 aromatic rings. The number of aromatic amines is 1. The van der Waals surface area contributed by atoms with Gasteiger partial charge >= 0.3 is 0 Å². The molecule has 114 valence electrons. The summed E-state index contributed by atoms with van der Waals surface area (Å²) >= 11 is 0. The van der Waals surface area contributed by atoms with Crippen molar-refractivity contribution in [3.8, 4) is 0 Å². The van der Waals surface area contributed by atoms with Crippen molar-refractivity contribution in [2.24, 2.45) is 0 Å². The van der Waals surface area contributed by atoms with Crippen molar-refractivity contribution in [2.75, 3.05) is 7.05 Å². The fourth-order valence-corrected chi connectivity index (χ4v) is 2.65. The lowest BCUT2D eigenvalue weighted by molar-refractivity contribution is 0.0857. The lowest BCUT2D eigenvalue weighted by Crippen LogP contribution is -2.35. The molecule has 0 unspecified atom stereocenters. The van der Waals surface area contributed by atoms with E-state index >= 15 is 0 Å². The van der Waals surface area contributed by atoms with Crippen LogP contribution in [0.25, 0.3) is 10.9 Å². The van der Waals surface area contributed by atoms with Crippen LogP contribution >= 0.6 is 0 Å². The van der Waals surface area contributed by atoms with Gasteiger partial charge in [-0.3, -0.25) is 9.69 Å². The van der Waals surface area contributed by atoms with Gasteiger partial charge in [-0.2, -0.15) is 0 Å². The molecule has 1 atom stereocenters. The number of Topliss-reactive ketones (excluding diaryl/α,β-unsaturated/α-hetero) is 1. The van der Waals surface area contributed by atoms with Gasteiger partial charge in [0.2, 0.25) is 0 Å². The molecule has 4 heteroatoms. The predicted octanol–water partition coefficient (Wildman–Crippen LogP) is 3.77. The number of aromatic nitrogens is 1. The van der Waals surface area contributed by atoms with Crippen LogP contribution in [0.3, 0.4) is 0 Å². The Hall–Kier alpha value is -2.33. The molecule has 0 saturated carbocycles. The van der Waals surface area contributed by atoms with Gasteiger partial charge in [0.25, 0.3) is 0 Å². The molecule has 0 bridgehead atoms. The summed E-state index contributed by atoms with van der Waals surface area (Å²) in [7, 11) is 1.94. The number of hydrogen-bond donors (Lipinski definition) is 1. The van der Waals surface area contributed by atoms with Crippen molar-refractivity contribution in [1.29, 1.82) is 0 Å². The third-order valence-corrected chi connectivity index (χ3v) is 4.10. The minimum Gasteiger partial charge on any atom is -0.465 e. The number of H-pyrrole nitrogens is 1. The average molecular weight is 296 g/mol. The number of furan rings is 1. The standard InChI is InChI=1S/C18H20N2O2/c1-12-8-9-14(22-12)11-20(3)13(2)18(21)16-10-19-17-7-5-4-6-15(16)17/h4-10,13,19H,11H2,1-3H3/t13-/m1/s1. The zero-order valence-electron chi connectivity index (χ0n) is 13.1. The Kier molecular flexibility index (Phi) is 3.86. The summed E-state index contributed by atoms with van der Waals surface area (Å²) in [6.45, 7) is 4.47. The number of rotatable bonds is 5. The first kappa shape index (κ1) is 14.6. The minimum absolute atomic E-state index is 0.114. The second-order valence-electron chi connectivity index (χ2n) is 5.72. The van der Waals surface area contributed by atoms with Crippen LogP contribution in [-0.4, -0.2) is 28.8 Å². The Morgan fingerprint density at radius 2 is 2.05 bits per heavy atom. The third kappa shape index (κ3) is 2.70. The normalized spacial score (nSPS) is 12.9. The van der Waals surface area contributed by atoms with Crippen molar-refractivity contribution in [3.05, 3.63) is 59.7 Å². The SMILES string of the molecule is Cc1ccc(CN(C)[C@H](C)C(=O)c2c[nH]c3ccccc23)o1. The van der Waals surface area contributed by atoms with Crippen LogP contribution in [0.4, 0.5) is 0 Å². The van der Waals surface area contributed by atoms with E-state index in [0.29, 0.717) is 6.54 Å². The van der Waals surface area contributed by atoms with Gasteiger partial charge < -0.3 is 9.40 Å². The summed E-state index contributed by atoms with van der Waals surface area (Å²) in [5.41, 5.74) is 1.73. The van der Waals surface area contributed by atoms with Crippen LogP contribution in [0.15, 0.2) is 47.0 Å². The van der Waals surface area contributed by atoms with Crippen molar-refractivity contribution in [3.63, 3.8) is 0 Å². The molecule has 0 amide bonds. The molecular formula is C18H20N2O2. The molecule has 3 rings (SSSR count). The fraction of sp³-hybridized carbons (Fsp3) is 0.278. The number of carbonyl (C=O) groups excluding carboxylic acids is 1. The first-order chi connectivity index (χ1) is 10.6. The van der Waals surface area contributed by atoms with E-state index < -0.39 is 0 Å². The van der Waals surface area contributed by atoms with Gasteiger partial charge in [-0.1, -0.05) is 18.2 Å². The van der Waals surface area contributed by atoms with Crippen molar-refractivity contribution < 1.29 is 9.21 Å². The van der Waals surface area contributed by atoms with Crippen LogP contribution in [-0.2, 0) is 6.54 Å². The van der Waals surface area contributed by atoms with E-state index in [1.54, 1.807) is 6.20 Å². The molecular weight excluding hydrogens is 276 g/mol. The smallest absolute Gasteiger partial charge is 0.181 e. The third-order valence-electron chi connectivity index (χ3n) is 4.10. The minimum atomic E-state index is -0.218. The number of nitrogens with zero attached hydrogens (tertiary/aromatic N) is 1. The quantitative estimate of drug-likeness (QED) is 0.729. The molecule has 1 N–H and O–H groups in total. The number of para-hydroxylation sites is 1. The molecule has 22 heavy (non-hydrogen) atoms. The van der Waals surface area contributed by atoms with Crippen molar-refractivity contribution in [1.82, 2.24) is 9.88 Å². The molecule has 0 fully saturated rings. The first-order valence-corrected chi connectivity index (χ1v) is 7.42. The number of benzene rings is 1. The largest absolute Gasteiger partial charge is 0.465 e. The highest BCUT2D eigenvalue weighted by atomic mass is 16.3. The summed E-state index contributed by atoms with van der Waals surface area (Å²) in [4.78, 5) is 17.9.